The first-order valence-corrected chi connectivity index (χ1v) is 21.4. The van der Waals surface area contributed by atoms with Gasteiger partial charge in [-0.15, -0.1) is 0 Å². The van der Waals surface area contributed by atoms with Crippen molar-refractivity contribution in [3.05, 3.63) is 0 Å². The standard InChI is InChI=1S/Cu.H2S.Sn.Zn/h;1H2;;/q;;+1;/p-1. The molecule has 0 aromatic heterocycles. The van der Waals surface area contributed by atoms with Crippen molar-refractivity contribution in [2.45, 2.75) is 0 Å². The SMILES string of the molecule is [SH][Sn][Zn][Cu]. The molecule has 0 fully saturated rings. The van der Waals surface area contributed by atoms with Crippen LogP contribution in [0.2, 0.25) is 0 Å². The van der Waals surface area contributed by atoms with Gasteiger partial charge in [0, 0.05) is 0 Å². The van der Waals surface area contributed by atoms with Gasteiger partial charge < -0.3 is 0 Å². The van der Waals surface area contributed by atoms with Crippen LogP contribution in [0.1, 0.15) is 0 Å². The molecule has 0 unspecified atom stereocenters. The van der Waals surface area contributed by atoms with Crippen molar-refractivity contribution in [2.24, 2.45) is 0 Å². The molecule has 0 amide bonds. The second-order valence-electron chi connectivity index (χ2n) is 0.265. The van der Waals surface area contributed by atoms with Crippen LogP contribution < -0.4 is 0 Å². The van der Waals surface area contributed by atoms with Crippen molar-refractivity contribution >= 4 is 26.7 Å². The summed E-state index contributed by atoms with van der Waals surface area (Å²) >= 11 is 4.48. The van der Waals surface area contributed by atoms with Crippen molar-refractivity contribution in [3.63, 3.8) is 0 Å². The Bertz CT molecular complexity index is 10.0. The van der Waals surface area contributed by atoms with E-state index in [2.05, 4.69) is 9.81 Å². The van der Waals surface area contributed by atoms with E-state index in [0.717, 1.165) is 0 Å². The first-order chi connectivity index (χ1) is 1.91. The Hall–Kier alpha value is 2.29. The summed E-state index contributed by atoms with van der Waals surface area (Å²) in [7, 11) is 4.06. The molecular formula is HCuSSnZn. The van der Waals surface area contributed by atoms with E-state index in [0.29, 0.717) is 0 Å². The molecule has 0 bridgehead atoms. The van der Waals surface area contributed by atoms with Crippen molar-refractivity contribution in [1.29, 1.82) is 0 Å². The maximum atomic E-state index is 4.86. The molecule has 0 rings (SSSR count). The topological polar surface area (TPSA) is 0 Å². The minimum atomic E-state index is -0.292. The average Bonchev–Trinajstić information content (AvgIpc) is 1.37. The molecule has 0 aliphatic carbocycles. The third-order valence-electron chi connectivity index (χ3n) is 0.0477. The van der Waals surface area contributed by atoms with Crippen LogP contribution in [0.4, 0.5) is 0 Å². The minimum absolute atomic E-state index is 0.0886. The van der Waals surface area contributed by atoms with Gasteiger partial charge in [0.25, 0.3) is 0 Å². The van der Waals surface area contributed by atoms with Gasteiger partial charge in [-0.1, -0.05) is 0 Å². The van der Waals surface area contributed by atoms with Gasteiger partial charge in [-0.2, -0.15) is 0 Å². The molecule has 0 N–H and O–H groups in total. The van der Waals surface area contributed by atoms with Crippen LogP contribution >= 0.6 is 9.81 Å². The van der Waals surface area contributed by atoms with Crippen LogP contribution in [-0.2, 0) is 25.3 Å². The summed E-state index contributed by atoms with van der Waals surface area (Å²) in [6.07, 6.45) is 0. The van der Waals surface area contributed by atoms with Crippen molar-refractivity contribution in [3.8, 4) is 0 Å². The van der Waals surface area contributed by atoms with Gasteiger partial charge in [-0.05, 0) is 0 Å². The molecule has 4 heavy (non-hydrogen) atoms. The summed E-state index contributed by atoms with van der Waals surface area (Å²) in [5, 5.41) is 0. The molecule has 0 aromatic carbocycles. The first-order valence-electron chi connectivity index (χ1n) is 0.790. The molecule has 0 saturated carbocycles. The van der Waals surface area contributed by atoms with Gasteiger partial charge in [0.2, 0.25) is 0 Å². The number of rotatable bonds is 1. The molecule has 0 aliphatic rings. The van der Waals surface area contributed by atoms with Crippen LogP contribution in [0.5, 0.6) is 0 Å². The maximum absolute atomic E-state index is 4.86. The zero-order chi connectivity index (χ0) is 3.41. The molecule has 0 heterocycles. The molecule has 0 spiro atoms. The molecule has 0 atom stereocenters. The summed E-state index contributed by atoms with van der Waals surface area (Å²) in [4.78, 5) is 0. The Kier molecular flexibility index (Phi) is 8.32. The predicted octanol–water partition coefficient (Wildman–Crippen LogP) is -0.00530. The van der Waals surface area contributed by atoms with E-state index in [1.54, 1.807) is 0 Å². The van der Waals surface area contributed by atoms with E-state index < -0.39 is 0 Å². The second-order valence-corrected chi connectivity index (χ2v) is 31.9. The Morgan fingerprint density at radius 1 is 2.00 bits per heavy atom. The van der Waals surface area contributed by atoms with Gasteiger partial charge in [0.1, 0.15) is 0 Å². The Balaban J connectivity index is 1.97. The molecule has 0 aromatic rings. The number of thiol groups is 1. The van der Waals surface area contributed by atoms with Crippen LogP contribution in [0.15, 0.2) is 0 Å². The zero-order valence-corrected chi connectivity index (χ0v) is 9.61. The fraction of sp³-hybridized carbons (Fsp3) is 0. The van der Waals surface area contributed by atoms with Crippen LogP contribution in [0.3, 0.4) is 0 Å². The van der Waals surface area contributed by atoms with Gasteiger partial charge in [0.05, 0.1) is 0 Å². The van der Waals surface area contributed by atoms with E-state index in [9.17, 15) is 0 Å². The van der Waals surface area contributed by atoms with Crippen LogP contribution in [-0.4, -0.2) is 16.9 Å². The number of hydrogen-bond acceptors (Lipinski definition) is 1. The van der Waals surface area contributed by atoms with Crippen LogP contribution in [0.25, 0.3) is 0 Å². The zero-order valence-electron chi connectivity index (χ0n) is 1.96. The Morgan fingerprint density at radius 2 is 2.25 bits per heavy atom. The third kappa shape index (κ3) is 4.29. The molecule has 4 heteroatoms. The van der Waals surface area contributed by atoms with Gasteiger partial charge in [0.15, 0.2) is 0 Å². The summed E-state index contributed by atoms with van der Waals surface area (Å²) in [5.74, 6) is 0. The molecule has 24 valence electrons. The van der Waals surface area contributed by atoms with Gasteiger partial charge >= 0.3 is 52.1 Å². The summed E-state index contributed by atoms with van der Waals surface area (Å²) < 4.78 is 0. The van der Waals surface area contributed by atoms with E-state index in [-0.39, 0.29) is 28.6 Å². The second kappa shape index (κ2) is 5.29. The summed E-state index contributed by atoms with van der Waals surface area (Å²) in [6.45, 7) is 0. The van der Waals surface area contributed by atoms with E-state index in [1.807, 2.05) is 0 Å². The molecular weight excluding hydrogens is 280 g/mol. The van der Waals surface area contributed by atoms with E-state index >= 15 is 0 Å². The Morgan fingerprint density at radius 3 is 2.25 bits per heavy atom. The number of hydrogen-bond donors (Lipinski definition) is 1. The normalized spacial score (nSPS) is 5.75. The van der Waals surface area contributed by atoms with E-state index in [1.165, 1.54) is 0 Å². The quantitative estimate of drug-likeness (QED) is 0.507. The summed E-state index contributed by atoms with van der Waals surface area (Å²) in [5.41, 5.74) is 0. The molecule has 0 aliphatic heterocycles. The predicted molar refractivity (Wildman–Crippen MR) is 14.7 cm³/mol. The van der Waals surface area contributed by atoms with Crippen molar-refractivity contribution in [2.75, 3.05) is 0 Å². The third-order valence-corrected chi connectivity index (χ3v) is 20.6. The monoisotopic (exact) mass is 280 g/mol. The van der Waals surface area contributed by atoms with Gasteiger partial charge in [-0.25, -0.2) is 0 Å². The Labute approximate surface area is 51.3 Å². The average molecular weight is 281 g/mol. The van der Waals surface area contributed by atoms with Crippen molar-refractivity contribution in [1.82, 2.24) is 0 Å². The fourth-order valence-corrected chi connectivity index (χ4v) is 0. The van der Waals surface area contributed by atoms with Gasteiger partial charge in [-0.3, -0.25) is 0 Å². The summed E-state index contributed by atoms with van der Waals surface area (Å²) in [6, 6.07) is 0. The fourth-order valence-electron chi connectivity index (χ4n) is 0. The molecule has 0 nitrogen and oxygen atoms in total. The van der Waals surface area contributed by atoms with E-state index in [4.69, 9.17) is 13.7 Å². The molecule has 2 radical (unpaired) electrons. The molecule has 0 saturated heterocycles. The first kappa shape index (κ1) is 6.29. The van der Waals surface area contributed by atoms with Crippen molar-refractivity contribution < 1.29 is 25.3 Å². The van der Waals surface area contributed by atoms with Crippen LogP contribution in [0, 0.1) is 0 Å².